The van der Waals surface area contributed by atoms with Crippen LogP contribution in [0.4, 0.5) is 0 Å². The molecule has 0 bridgehead atoms. The zero-order valence-electron chi connectivity index (χ0n) is 14.3. The third-order valence-electron chi connectivity index (χ3n) is 6.35. The van der Waals surface area contributed by atoms with Crippen LogP contribution in [0, 0.1) is 11.8 Å². The highest BCUT2D eigenvalue weighted by atomic mass is 16.5. The number of hydrogen-bond acceptors (Lipinski definition) is 3. The number of benzene rings is 1. The molecule has 2 aliphatic heterocycles. The van der Waals surface area contributed by atoms with Crippen LogP contribution < -0.4 is 5.73 Å². The molecule has 130 valence electrons. The second kappa shape index (κ2) is 6.49. The lowest BCUT2D eigenvalue weighted by atomic mass is 9.72. The normalized spacial score (nSPS) is 29.6. The van der Waals surface area contributed by atoms with E-state index in [1.165, 1.54) is 18.4 Å². The number of piperidine rings is 1. The minimum absolute atomic E-state index is 0.0279. The third-order valence-corrected chi connectivity index (χ3v) is 6.35. The molecule has 0 aromatic heterocycles. The Morgan fingerprint density at radius 2 is 1.88 bits per heavy atom. The number of ether oxygens (including phenoxy) is 1. The van der Waals surface area contributed by atoms with E-state index in [0.717, 1.165) is 39.0 Å². The molecule has 2 heterocycles. The van der Waals surface area contributed by atoms with Crippen molar-refractivity contribution in [2.24, 2.45) is 17.6 Å². The number of nitrogens with two attached hydrogens (primary N) is 1. The average Bonchev–Trinajstić information content (AvgIpc) is 3.38. The van der Waals surface area contributed by atoms with E-state index in [-0.39, 0.29) is 17.4 Å². The summed E-state index contributed by atoms with van der Waals surface area (Å²) < 4.78 is 5.87. The second-order valence-corrected chi connectivity index (χ2v) is 7.74. The minimum Gasteiger partial charge on any atom is -0.377 e. The summed E-state index contributed by atoms with van der Waals surface area (Å²) >= 11 is 0. The summed E-state index contributed by atoms with van der Waals surface area (Å²) in [7, 11) is 0. The predicted octanol–water partition coefficient (Wildman–Crippen LogP) is 2.32. The first-order chi connectivity index (χ1) is 11.7. The zero-order valence-corrected chi connectivity index (χ0v) is 14.3. The second-order valence-electron chi connectivity index (χ2n) is 7.74. The molecule has 4 heteroatoms. The maximum absolute atomic E-state index is 13.0. The molecule has 4 nitrogen and oxygen atoms in total. The van der Waals surface area contributed by atoms with Crippen LogP contribution >= 0.6 is 0 Å². The number of rotatable bonds is 4. The Kier molecular flexibility index (Phi) is 4.35. The molecule has 2 atom stereocenters. The summed E-state index contributed by atoms with van der Waals surface area (Å²) in [5.74, 6) is 1.06. The maximum Gasteiger partial charge on any atom is 0.228 e. The van der Waals surface area contributed by atoms with Crippen LogP contribution in [-0.4, -0.2) is 43.2 Å². The highest BCUT2D eigenvalue weighted by Gasteiger charge is 2.46. The smallest absolute Gasteiger partial charge is 0.228 e. The number of carbonyl (C=O) groups excluding carboxylic acids is 1. The lowest BCUT2D eigenvalue weighted by Gasteiger charge is -2.42. The summed E-state index contributed by atoms with van der Waals surface area (Å²) in [4.78, 5) is 15.1. The molecule has 2 saturated heterocycles. The van der Waals surface area contributed by atoms with Crippen molar-refractivity contribution in [2.45, 2.75) is 43.6 Å². The minimum atomic E-state index is 0.0279. The SMILES string of the molecule is NCC1(c2ccccc2)CCN(C(=O)[C@@H]2CCO[C@H]2C2CC2)CC1. The molecule has 1 aromatic carbocycles. The van der Waals surface area contributed by atoms with Gasteiger partial charge in [0, 0.05) is 31.7 Å². The van der Waals surface area contributed by atoms with Crippen molar-refractivity contribution in [3.8, 4) is 0 Å². The maximum atomic E-state index is 13.0. The van der Waals surface area contributed by atoms with Gasteiger partial charge in [0.05, 0.1) is 12.0 Å². The van der Waals surface area contributed by atoms with Gasteiger partial charge in [-0.1, -0.05) is 30.3 Å². The number of likely N-dealkylation sites (tertiary alicyclic amines) is 1. The lowest BCUT2D eigenvalue weighted by molar-refractivity contribution is -0.139. The molecule has 2 N–H and O–H groups in total. The fourth-order valence-corrected chi connectivity index (χ4v) is 4.56. The number of carbonyl (C=O) groups is 1. The topological polar surface area (TPSA) is 55.6 Å². The van der Waals surface area contributed by atoms with Crippen molar-refractivity contribution >= 4 is 5.91 Å². The van der Waals surface area contributed by atoms with Crippen LogP contribution in [0.5, 0.6) is 0 Å². The van der Waals surface area contributed by atoms with Gasteiger partial charge in [-0.05, 0) is 43.6 Å². The van der Waals surface area contributed by atoms with Gasteiger partial charge in [0.15, 0.2) is 0 Å². The van der Waals surface area contributed by atoms with Gasteiger partial charge in [-0.25, -0.2) is 0 Å². The highest BCUT2D eigenvalue weighted by molar-refractivity contribution is 5.80. The largest absolute Gasteiger partial charge is 0.377 e. The first-order valence-electron chi connectivity index (χ1n) is 9.39. The van der Waals surface area contributed by atoms with E-state index >= 15 is 0 Å². The van der Waals surface area contributed by atoms with E-state index in [2.05, 4.69) is 29.2 Å². The average molecular weight is 328 g/mol. The van der Waals surface area contributed by atoms with E-state index in [9.17, 15) is 4.79 Å². The molecule has 1 aromatic rings. The van der Waals surface area contributed by atoms with Gasteiger partial charge in [-0.2, -0.15) is 0 Å². The Hall–Kier alpha value is -1.39. The predicted molar refractivity (Wildman–Crippen MR) is 93.6 cm³/mol. The van der Waals surface area contributed by atoms with E-state index in [1.807, 2.05) is 6.07 Å². The number of nitrogens with zero attached hydrogens (tertiary/aromatic N) is 1. The fraction of sp³-hybridized carbons (Fsp3) is 0.650. The quantitative estimate of drug-likeness (QED) is 0.923. The summed E-state index contributed by atoms with van der Waals surface area (Å²) in [6, 6.07) is 10.6. The van der Waals surface area contributed by atoms with Gasteiger partial charge >= 0.3 is 0 Å². The van der Waals surface area contributed by atoms with E-state index in [4.69, 9.17) is 10.5 Å². The molecule has 1 amide bonds. The molecule has 4 rings (SSSR count). The first kappa shape index (κ1) is 16.1. The van der Waals surface area contributed by atoms with Crippen molar-refractivity contribution < 1.29 is 9.53 Å². The van der Waals surface area contributed by atoms with Gasteiger partial charge < -0.3 is 15.4 Å². The van der Waals surface area contributed by atoms with Gasteiger partial charge in [0.25, 0.3) is 0 Å². The van der Waals surface area contributed by atoms with Gasteiger partial charge in [0.1, 0.15) is 0 Å². The Labute approximate surface area is 144 Å². The monoisotopic (exact) mass is 328 g/mol. The fourth-order valence-electron chi connectivity index (χ4n) is 4.56. The Morgan fingerprint density at radius 1 is 1.17 bits per heavy atom. The van der Waals surface area contributed by atoms with Crippen molar-refractivity contribution in [3.05, 3.63) is 35.9 Å². The lowest BCUT2D eigenvalue weighted by Crippen LogP contribution is -2.50. The molecular weight excluding hydrogens is 300 g/mol. The third kappa shape index (κ3) is 2.86. The van der Waals surface area contributed by atoms with Crippen molar-refractivity contribution in [1.82, 2.24) is 4.90 Å². The van der Waals surface area contributed by atoms with Crippen LogP contribution in [-0.2, 0) is 14.9 Å². The van der Waals surface area contributed by atoms with E-state index in [1.54, 1.807) is 0 Å². The van der Waals surface area contributed by atoms with Crippen LogP contribution in [0.15, 0.2) is 30.3 Å². The Morgan fingerprint density at radius 3 is 2.50 bits per heavy atom. The van der Waals surface area contributed by atoms with Gasteiger partial charge in [0.2, 0.25) is 5.91 Å². The van der Waals surface area contributed by atoms with Crippen LogP contribution in [0.2, 0.25) is 0 Å². The Bertz CT molecular complexity index is 577. The summed E-state index contributed by atoms with van der Waals surface area (Å²) in [6.07, 6.45) is 5.48. The summed E-state index contributed by atoms with van der Waals surface area (Å²) in [5.41, 5.74) is 7.51. The molecular formula is C20H28N2O2. The molecule has 0 radical (unpaired) electrons. The van der Waals surface area contributed by atoms with Crippen molar-refractivity contribution in [3.63, 3.8) is 0 Å². The molecule has 0 unspecified atom stereocenters. The standard InChI is InChI=1S/C20H28N2O2/c21-14-20(16-4-2-1-3-5-16)9-11-22(12-10-20)19(23)17-8-13-24-18(17)15-6-7-15/h1-5,15,17-18H,6-14,21H2/t17-,18+/m1/s1. The van der Waals surface area contributed by atoms with Crippen LogP contribution in [0.1, 0.15) is 37.7 Å². The van der Waals surface area contributed by atoms with E-state index < -0.39 is 0 Å². The molecule has 3 aliphatic rings. The van der Waals surface area contributed by atoms with E-state index in [0.29, 0.717) is 18.4 Å². The number of hydrogen-bond donors (Lipinski definition) is 1. The first-order valence-corrected chi connectivity index (χ1v) is 9.39. The highest BCUT2D eigenvalue weighted by Crippen LogP contribution is 2.42. The number of amides is 1. The van der Waals surface area contributed by atoms with Crippen molar-refractivity contribution in [1.29, 1.82) is 0 Å². The van der Waals surface area contributed by atoms with Crippen LogP contribution in [0.3, 0.4) is 0 Å². The molecule has 1 aliphatic carbocycles. The van der Waals surface area contributed by atoms with Gasteiger partial charge in [-0.3, -0.25) is 4.79 Å². The summed E-state index contributed by atoms with van der Waals surface area (Å²) in [5, 5.41) is 0. The zero-order chi connectivity index (χ0) is 16.6. The Balaban J connectivity index is 1.42. The molecule has 24 heavy (non-hydrogen) atoms. The molecule has 3 fully saturated rings. The van der Waals surface area contributed by atoms with Gasteiger partial charge in [-0.15, -0.1) is 0 Å². The molecule has 0 spiro atoms. The van der Waals surface area contributed by atoms with Crippen LogP contribution in [0.25, 0.3) is 0 Å². The van der Waals surface area contributed by atoms with Crippen molar-refractivity contribution in [2.75, 3.05) is 26.2 Å². The molecule has 1 saturated carbocycles. The summed E-state index contributed by atoms with van der Waals surface area (Å²) in [6.45, 7) is 3.04.